The van der Waals surface area contributed by atoms with Gasteiger partial charge in [-0.15, -0.1) is 0 Å². The van der Waals surface area contributed by atoms with E-state index in [2.05, 4.69) is 15.6 Å². The minimum absolute atomic E-state index is 0.000757. The molecule has 1 saturated heterocycles. The third-order valence-corrected chi connectivity index (χ3v) is 6.21. The van der Waals surface area contributed by atoms with Crippen LogP contribution in [0.3, 0.4) is 0 Å². The van der Waals surface area contributed by atoms with Crippen LogP contribution in [0.5, 0.6) is 0 Å². The molecule has 0 bridgehead atoms. The zero-order valence-electron chi connectivity index (χ0n) is 19.4. The second-order valence-corrected chi connectivity index (χ2v) is 8.86. The van der Waals surface area contributed by atoms with Crippen molar-refractivity contribution >= 4 is 11.6 Å². The van der Waals surface area contributed by atoms with Crippen LogP contribution in [0.15, 0.2) is 60.9 Å². The second kappa shape index (κ2) is 11.5. The highest BCUT2D eigenvalue weighted by Crippen LogP contribution is 2.30. The smallest absolute Gasteiger partial charge is 0.225 e. The number of anilines is 1. The van der Waals surface area contributed by atoms with Crippen molar-refractivity contribution in [1.29, 1.82) is 0 Å². The van der Waals surface area contributed by atoms with Gasteiger partial charge >= 0.3 is 0 Å². The molecule has 1 aliphatic rings. The minimum atomic E-state index is -0.492. The molecule has 1 amide bonds. The van der Waals surface area contributed by atoms with Crippen LogP contribution in [0.4, 0.5) is 18.9 Å². The van der Waals surface area contributed by atoms with Gasteiger partial charge in [-0.25, -0.2) is 13.2 Å². The van der Waals surface area contributed by atoms with Crippen LogP contribution in [0.2, 0.25) is 0 Å². The summed E-state index contributed by atoms with van der Waals surface area (Å²) < 4.78 is 47.4. The van der Waals surface area contributed by atoms with Gasteiger partial charge in [0.15, 0.2) is 0 Å². The van der Waals surface area contributed by atoms with Gasteiger partial charge in [-0.2, -0.15) is 0 Å². The predicted molar refractivity (Wildman–Crippen MR) is 128 cm³/mol. The van der Waals surface area contributed by atoms with Gasteiger partial charge in [0.05, 0.1) is 30.8 Å². The molecule has 0 unspecified atom stereocenters. The van der Waals surface area contributed by atoms with E-state index in [0.717, 1.165) is 6.20 Å². The van der Waals surface area contributed by atoms with Crippen molar-refractivity contribution in [2.45, 2.75) is 44.2 Å². The average molecular weight is 484 g/mol. The zero-order valence-corrected chi connectivity index (χ0v) is 19.4. The van der Waals surface area contributed by atoms with E-state index in [1.165, 1.54) is 30.5 Å². The number of carbonyl (C=O) groups is 1. The Morgan fingerprint density at radius 3 is 2.26 bits per heavy atom. The summed E-state index contributed by atoms with van der Waals surface area (Å²) in [5, 5.41) is 6.13. The molecule has 1 aliphatic heterocycles. The molecule has 2 aromatic carbocycles. The van der Waals surface area contributed by atoms with Crippen LogP contribution in [0.1, 0.15) is 42.4 Å². The lowest BCUT2D eigenvalue weighted by atomic mass is 9.88. The van der Waals surface area contributed by atoms with Gasteiger partial charge in [0, 0.05) is 30.5 Å². The number of pyridine rings is 1. The van der Waals surface area contributed by atoms with Gasteiger partial charge in [-0.3, -0.25) is 9.78 Å². The van der Waals surface area contributed by atoms with Crippen LogP contribution < -0.4 is 10.6 Å². The lowest BCUT2D eigenvalue weighted by molar-refractivity contribution is -0.116. The highest BCUT2D eigenvalue weighted by atomic mass is 19.1. The van der Waals surface area contributed by atoms with Crippen LogP contribution in [0.25, 0.3) is 0 Å². The number of nitrogens with one attached hydrogen (secondary N) is 2. The number of hydrogen-bond donors (Lipinski definition) is 2. The standard InChI is InChI=1S/C27H28F3N3O2/c1-17-16-35-22(13-32-17)10-11-23-25(30)14-31-15-26(23)33-27(34)12-24(18-2-6-20(28)7-3-18)19-4-8-21(29)9-5-19/h2-9,14-15,17,22,24,32H,10-13,16H2,1H3,(H,33,34)/t17-,22+/m0/s1. The number of halogens is 3. The summed E-state index contributed by atoms with van der Waals surface area (Å²) in [5.74, 6) is -2.07. The highest BCUT2D eigenvalue weighted by Gasteiger charge is 2.22. The van der Waals surface area contributed by atoms with Crippen molar-refractivity contribution in [3.05, 3.63) is 95.1 Å². The summed E-state index contributed by atoms with van der Waals surface area (Å²) >= 11 is 0. The summed E-state index contributed by atoms with van der Waals surface area (Å²) in [5.41, 5.74) is 2.10. The Labute approximate surface area is 202 Å². The molecule has 2 atom stereocenters. The van der Waals surface area contributed by atoms with E-state index < -0.39 is 23.4 Å². The van der Waals surface area contributed by atoms with E-state index in [0.29, 0.717) is 48.4 Å². The van der Waals surface area contributed by atoms with Crippen molar-refractivity contribution in [2.24, 2.45) is 0 Å². The molecule has 5 nitrogen and oxygen atoms in total. The largest absolute Gasteiger partial charge is 0.375 e. The average Bonchev–Trinajstić information content (AvgIpc) is 2.84. The molecule has 8 heteroatoms. The molecule has 1 aromatic heterocycles. The van der Waals surface area contributed by atoms with Gasteiger partial charge < -0.3 is 15.4 Å². The third-order valence-electron chi connectivity index (χ3n) is 6.21. The topological polar surface area (TPSA) is 63.2 Å². The maximum Gasteiger partial charge on any atom is 0.225 e. The number of ether oxygens (including phenoxy) is 1. The fourth-order valence-corrected chi connectivity index (χ4v) is 4.25. The summed E-state index contributed by atoms with van der Waals surface area (Å²) in [6.45, 7) is 3.32. The maximum absolute atomic E-state index is 14.6. The number of carbonyl (C=O) groups excluding carboxylic acids is 1. The Kier molecular flexibility index (Phi) is 8.15. The lowest BCUT2D eigenvalue weighted by Gasteiger charge is -2.28. The molecule has 35 heavy (non-hydrogen) atoms. The Bertz CT molecular complexity index is 1090. The van der Waals surface area contributed by atoms with Gasteiger partial charge in [0.25, 0.3) is 0 Å². The van der Waals surface area contributed by atoms with Gasteiger partial charge in [-0.05, 0) is 55.2 Å². The van der Waals surface area contributed by atoms with E-state index in [9.17, 15) is 18.0 Å². The van der Waals surface area contributed by atoms with Crippen molar-refractivity contribution in [3.63, 3.8) is 0 Å². The number of aromatic nitrogens is 1. The molecule has 1 fully saturated rings. The number of morpholine rings is 1. The van der Waals surface area contributed by atoms with E-state index in [1.807, 2.05) is 6.92 Å². The zero-order chi connectivity index (χ0) is 24.8. The van der Waals surface area contributed by atoms with Crippen LogP contribution in [0, 0.1) is 17.5 Å². The van der Waals surface area contributed by atoms with E-state index in [-0.39, 0.29) is 24.5 Å². The summed E-state index contributed by atoms with van der Waals surface area (Å²) in [7, 11) is 0. The summed E-state index contributed by atoms with van der Waals surface area (Å²) in [6, 6.07) is 12.0. The van der Waals surface area contributed by atoms with Gasteiger partial charge in [0.2, 0.25) is 5.91 Å². The normalized spacial score (nSPS) is 18.0. The number of rotatable bonds is 8. The first-order valence-electron chi connectivity index (χ1n) is 11.7. The molecule has 0 radical (unpaired) electrons. The first kappa shape index (κ1) is 24.9. The Balaban J connectivity index is 1.49. The Morgan fingerprint density at radius 1 is 1.06 bits per heavy atom. The van der Waals surface area contributed by atoms with Crippen LogP contribution in [-0.2, 0) is 16.0 Å². The monoisotopic (exact) mass is 483 g/mol. The van der Waals surface area contributed by atoms with Gasteiger partial charge in [0.1, 0.15) is 17.5 Å². The molecule has 0 saturated carbocycles. The molecular weight excluding hydrogens is 455 g/mol. The van der Waals surface area contributed by atoms with Crippen molar-refractivity contribution < 1.29 is 22.7 Å². The first-order chi connectivity index (χ1) is 16.9. The number of nitrogens with zero attached hydrogens (tertiary/aromatic N) is 1. The number of hydrogen-bond acceptors (Lipinski definition) is 4. The van der Waals surface area contributed by atoms with Crippen molar-refractivity contribution in [2.75, 3.05) is 18.5 Å². The minimum Gasteiger partial charge on any atom is -0.375 e. The molecule has 4 rings (SSSR count). The van der Waals surface area contributed by atoms with Crippen molar-refractivity contribution in [1.82, 2.24) is 10.3 Å². The first-order valence-corrected chi connectivity index (χ1v) is 11.7. The molecule has 3 aromatic rings. The SMILES string of the molecule is C[C@H]1CO[C@H](CCc2c(F)cncc2NC(=O)CC(c2ccc(F)cc2)c2ccc(F)cc2)CN1. The third kappa shape index (κ3) is 6.68. The fraction of sp³-hybridized carbons (Fsp3) is 0.333. The number of benzene rings is 2. The van der Waals surface area contributed by atoms with E-state index in [1.54, 1.807) is 24.3 Å². The molecular formula is C27H28F3N3O2. The maximum atomic E-state index is 14.6. The van der Waals surface area contributed by atoms with Crippen LogP contribution >= 0.6 is 0 Å². The van der Waals surface area contributed by atoms with E-state index >= 15 is 0 Å². The summed E-state index contributed by atoms with van der Waals surface area (Å²) in [6.07, 6.45) is 3.50. The Morgan fingerprint density at radius 2 is 1.69 bits per heavy atom. The second-order valence-electron chi connectivity index (χ2n) is 8.86. The molecule has 0 aliphatic carbocycles. The van der Waals surface area contributed by atoms with Crippen molar-refractivity contribution in [3.8, 4) is 0 Å². The number of amides is 1. The Hall–Kier alpha value is -3.23. The van der Waals surface area contributed by atoms with Crippen LogP contribution in [-0.4, -0.2) is 36.2 Å². The molecule has 2 N–H and O–H groups in total. The molecule has 2 heterocycles. The predicted octanol–water partition coefficient (Wildman–Crippen LogP) is 4.97. The van der Waals surface area contributed by atoms with Gasteiger partial charge in [-0.1, -0.05) is 24.3 Å². The molecule has 184 valence electrons. The molecule has 0 spiro atoms. The highest BCUT2D eigenvalue weighted by molar-refractivity contribution is 5.92. The fourth-order valence-electron chi connectivity index (χ4n) is 4.25. The lowest BCUT2D eigenvalue weighted by Crippen LogP contribution is -2.44. The quantitative estimate of drug-likeness (QED) is 0.475. The summed E-state index contributed by atoms with van der Waals surface area (Å²) in [4.78, 5) is 17.0. The van der Waals surface area contributed by atoms with E-state index in [4.69, 9.17) is 4.74 Å².